The van der Waals surface area contributed by atoms with Crippen molar-refractivity contribution in [3.8, 4) is 0 Å². The molecule has 0 fully saturated rings. The molecule has 0 aliphatic heterocycles. The van der Waals surface area contributed by atoms with Crippen molar-refractivity contribution in [2.75, 3.05) is 25.1 Å². The molecular formula is C13H26N6O4S. The Labute approximate surface area is 145 Å². The third-order valence-corrected chi connectivity index (χ3v) is 3.61. The van der Waals surface area contributed by atoms with Gasteiger partial charge in [-0.05, 0) is 31.3 Å². The van der Waals surface area contributed by atoms with Crippen LogP contribution in [0.15, 0.2) is 4.99 Å². The molecule has 0 aromatic carbocycles. The first-order valence-electron chi connectivity index (χ1n) is 7.37. The molecule has 24 heavy (non-hydrogen) atoms. The quantitative estimate of drug-likeness (QED) is 0.128. The van der Waals surface area contributed by atoms with Crippen LogP contribution in [0.4, 0.5) is 0 Å². The first kappa shape index (κ1) is 22.0. The first-order valence-corrected chi connectivity index (χ1v) is 8.77. The summed E-state index contributed by atoms with van der Waals surface area (Å²) in [6.45, 7) is -0.239. The van der Waals surface area contributed by atoms with E-state index in [4.69, 9.17) is 22.3 Å². The van der Waals surface area contributed by atoms with Crippen molar-refractivity contribution in [2.45, 2.75) is 31.3 Å². The molecule has 10 nitrogen and oxygen atoms in total. The molecule has 0 bridgehead atoms. The number of nitrogens with one attached hydrogen (secondary N) is 2. The molecule has 0 aliphatic carbocycles. The molecule has 9 N–H and O–H groups in total. The van der Waals surface area contributed by atoms with E-state index in [1.165, 1.54) is 0 Å². The number of carbonyl (C=O) groups excluding carboxylic acids is 2. The standard InChI is InChI=1S/C13H26N6O4S/c1-24-6-4-8(14)11(22)19-9(3-2-5-17-13(15)16)12(23)18-7-10(20)21/h8-9H,2-7,14H2,1H3,(H,18,23)(H,19,22)(H,20,21)(H4,15,16,17). The number of carbonyl (C=O) groups is 3. The number of aliphatic imine (C=N–C) groups is 1. The predicted molar refractivity (Wildman–Crippen MR) is 93.5 cm³/mol. The van der Waals surface area contributed by atoms with E-state index in [0.29, 0.717) is 19.4 Å². The summed E-state index contributed by atoms with van der Waals surface area (Å²) >= 11 is 1.56. The zero-order valence-corrected chi connectivity index (χ0v) is 14.5. The highest BCUT2D eigenvalue weighted by Gasteiger charge is 2.23. The molecule has 11 heteroatoms. The third-order valence-electron chi connectivity index (χ3n) is 2.96. The summed E-state index contributed by atoms with van der Waals surface area (Å²) in [7, 11) is 0. The maximum absolute atomic E-state index is 12.0. The summed E-state index contributed by atoms with van der Waals surface area (Å²) in [5, 5.41) is 13.4. The number of carboxylic acid groups (broad SMARTS) is 1. The number of aliphatic carboxylic acids is 1. The lowest BCUT2D eigenvalue weighted by Crippen LogP contribution is -2.52. The number of hydrogen-bond donors (Lipinski definition) is 6. The zero-order chi connectivity index (χ0) is 18.5. The summed E-state index contributed by atoms with van der Waals surface area (Å²) in [5.41, 5.74) is 16.2. The first-order chi connectivity index (χ1) is 11.3. The van der Waals surface area contributed by atoms with Gasteiger partial charge in [-0.3, -0.25) is 19.4 Å². The van der Waals surface area contributed by atoms with E-state index in [-0.39, 0.29) is 12.4 Å². The lowest BCUT2D eigenvalue weighted by atomic mass is 10.1. The Bertz CT molecular complexity index is 456. The van der Waals surface area contributed by atoms with Gasteiger partial charge < -0.3 is 32.9 Å². The molecular weight excluding hydrogens is 336 g/mol. The second-order valence-corrected chi connectivity index (χ2v) is 6.00. The van der Waals surface area contributed by atoms with Crippen LogP contribution in [0, 0.1) is 0 Å². The van der Waals surface area contributed by atoms with Crippen molar-refractivity contribution in [1.82, 2.24) is 10.6 Å². The number of nitrogens with zero attached hydrogens (tertiary/aromatic N) is 1. The van der Waals surface area contributed by atoms with Crippen LogP contribution in [-0.4, -0.2) is 66.0 Å². The second-order valence-electron chi connectivity index (χ2n) is 5.01. The molecule has 2 atom stereocenters. The number of guanidine groups is 1. The fourth-order valence-corrected chi connectivity index (χ4v) is 2.20. The van der Waals surface area contributed by atoms with Gasteiger partial charge in [0.05, 0.1) is 6.04 Å². The SMILES string of the molecule is CSCCC(N)C(=O)NC(CCCN=C(N)N)C(=O)NCC(=O)O. The van der Waals surface area contributed by atoms with E-state index in [1.807, 2.05) is 6.26 Å². The highest BCUT2D eigenvalue weighted by atomic mass is 32.2. The molecule has 0 aliphatic rings. The van der Waals surface area contributed by atoms with Crippen LogP contribution in [0.3, 0.4) is 0 Å². The molecule has 2 amide bonds. The lowest BCUT2D eigenvalue weighted by Gasteiger charge is -2.20. The molecule has 138 valence electrons. The largest absolute Gasteiger partial charge is 0.480 e. The molecule has 0 radical (unpaired) electrons. The number of nitrogens with two attached hydrogens (primary N) is 3. The monoisotopic (exact) mass is 362 g/mol. The molecule has 0 aromatic rings. The summed E-state index contributed by atoms with van der Waals surface area (Å²) < 4.78 is 0. The minimum Gasteiger partial charge on any atom is -0.480 e. The second kappa shape index (κ2) is 12.4. The number of carboxylic acids is 1. The van der Waals surface area contributed by atoms with Gasteiger partial charge in [0.25, 0.3) is 0 Å². The maximum Gasteiger partial charge on any atom is 0.322 e. The fraction of sp³-hybridized carbons (Fsp3) is 0.692. The van der Waals surface area contributed by atoms with Crippen LogP contribution >= 0.6 is 11.8 Å². The van der Waals surface area contributed by atoms with Gasteiger partial charge in [-0.1, -0.05) is 0 Å². The fourth-order valence-electron chi connectivity index (χ4n) is 1.71. The van der Waals surface area contributed by atoms with Gasteiger partial charge in [0.1, 0.15) is 12.6 Å². The molecule has 2 unspecified atom stereocenters. The summed E-state index contributed by atoms with van der Waals surface area (Å²) in [6.07, 6.45) is 3.06. The summed E-state index contributed by atoms with van der Waals surface area (Å²) in [4.78, 5) is 38.4. The molecule has 0 heterocycles. The summed E-state index contributed by atoms with van der Waals surface area (Å²) in [6, 6.07) is -1.63. The van der Waals surface area contributed by atoms with Crippen molar-refractivity contribution in [1.29, 1.82) is 0 Å². The third kappa shape index (κ3) is 10.7. The number of amides is 2. The summed E-state index contributed by atoms with van der Waals surface area (Å²) in [5.74, 6) is -1.57. The van der Waals surface area contributed by atoms with Gasteiger partial charge in [0.15, 0.2) is 5.96 Å². The van der Waals surface area contributed by atoms with E-state index in [0.717, 1.165) is 5.75 Å². The Kier molecular flexibility index (Phi) is 11.4. The van der Waals surface area contributed by atoms with Crippen LogP contribution in [0.25, 0.3) is 0 Å². The van der Waals surface area contributed by atoms with Gasteiger partial charge in [-0.25, -0.2) is 0 Å². The van der Waals surface area contributed by atoms with E-state index < -0.39 is 36.4 Å². The molecule has 0 spiro atoms. The lowest BCUT2D eigenvalue weighted by molar-refractivity contribution is -0.138. The zero-order valence-electron chi connectivity index (χ0n) is 13.7. The van der Waals surface area contributed by atoms with Crippen molar-refractivity contribution >= 4 is 35.5 Å². The smallest absolute Gasteiger partial charge is 0.322 e. The van der Waals surface area contributed by atoms with E-state index in [1.54, 1.807) is 11.8 Å². The highest BCUT2D eigenvalue weighted by molar-refractivity contribution is 7.98. The average molecular weight is 362 g/mol. The van der Waals surface area contributed by atoms with Crippen molar-refractivity contribution in [3.63, 3.8) is 0 Å². The van der Waals surface area contributed by atoms with Gasteiger partial charge in [-0.2, -0.15) is 11.8 Å². The van der Waals surface area contributed by atoms with Gasteiger partial charge in [-0.15, -0.1) is 0 Å². The van der Waals surface area contributed by atoms with Crippen LogP contribution in [0.1, 0.15) is 19.3 Å². The van der Waals surface area contributed by atoms with E-state index >= 15 is 0 Å². The average Bonchev–Trinajstić information content (AvgIpc) is 2.52. The van der Waals surface area contributed by atoms with Crippen molar-refractivity contribution in [3.05, 3.63) is 0 Å². The van der Waals surface area contributed by atoms with E-state index in [2.05, 4.69) is 15.6 Å². The Morgan fingerprint density at radius 3 is 2.42 bits per heavy atom. The maximum atomic E-state index is 12.0. The van der Waals surface area contributed by atoms with Gasteiger partial charge in [0.2, 0.25) is 11.8 Å². The Morgan fingerprint density at radius 1 is 1.21 bits per heavy atom. The van der Waals surface area contributed by atoms with Crippen LogP contribution in [0.5, 0.6) is 0 Å². The highest BCUT2D eigenvalue weighted by Crippen LogP contribution is 2.02. The normalized spacial score (nSPS) is 12.8. The van der Waals surface area contributed by atoms with Crippen LogP contribution in [0.2, 0.25) is 0 Å². The van der Waals surface area contributed by atoms with Crippen molar-refractivity contribution < 1.29 is 19.5 Å². The minimum absolute atomic E-state index is 0.0648. The number of hydrogen-bond acceptors (Lipinski definition) is 6. The van der Waals surface area contributed by atoms with Gasteiger partial charge >= 0.3 is 5.97 Å². The molecule has 0 saturated heterocycles. The molecule has 0 rings (SSSR count). The number of thioether (sulfide) groups is 1. The predicted octanol–water partition coefficient (Wildman–Crippen LogP) is -2.19. The Balaban J connectivity index is 4.65. The number of rotatable bonds is 12. The van der Waals surface area contributed by atoms with Crippen molar-refractivity contribution in [2.24, 2.45) is 22.2 Å². The van der Waals surface area contributed by atoms with E-state index in [9.17, 15) is 14.4 Å². The van der Waals surface area contributed by atoms with Crippen LogP contribution in [-0.2, 0) is 14.4 Å². The van der Waals surface area contributed by atoms with Crippen LogP contribution < -0.4 is 27.8 Å². The minimum atomic E-state index is -1.18. The van der Waals surface area contributed by atoms with Gasteiger partial charge in [0, 0.05) is 6.54 Å². The Hall–Kier alpha value is -2.01. The topological polar surface area (TPSA) is 186 Å². The molecule has 0 aromatic heterocycles. The molecule has 0 saturated carbocycles. The Morgan fingerprint density at radius 2 is 1.88 bits per heavy atom.